The molecule has 1 aliphatic carbocycles. The van der Waals surface area contributed by atoms with E-state index in [1.165, 1.54) is 16.7 Å². The number of nitrogens with zero attached hydrogens (tertiary/aromatic N) is 1. The second-order valence-corrected chi connectivity index (χ2v) is 8.01. The van der Waals surface area contributed by atoms with Crippen molar-refractivity contribution in [2.75, 3.05) is 20.2 Å². The molecule has 1 saturated heterocycles. The number of hydrogen-bond acceptors (Lipinski definition) is 4. The average Bonchev–Trinajstić information content (AvgIpc) is 2.72. The van der Waals surface area contributed by atoms with Gasteiger partial charge in [-0.1, -0.05) is 31.2 Å². The molecule has 150 valence electrons. The minimum atomic E-state index is 0.0545. The molecule has 4 nitrogen and oxygen atoms in total. The zero-order valence-electron chi connectivity index (χ0n) is 16.9. The summed E-state index contributed by atoms with van der Waals surface area (Å²) in [6.45, 7) is 4.33. The monoisotopic (exact) mass is 381 g/mol. The van der Waals surface area contributed by atoms with Gasteiger partial charge in [-0.3, -0.25) is 4.90 Å². The Morgan fingerprint density at radius 1 is 1.21 bits per heavy atom. The normalized spacial score (nSPS) is 24.4. The van der Waals surface area contributed by atoms with Gasteiger partial charge in [-0.15, -0.1) is 0 Å². The zero-order chi connectivity index (χ0) is 19.5. The van der Waals surface area contributed by atoms with E-state index in [4.69, 9.17) is 9.47 Å². The number of phenols is 1. The van der Waals surface area contributed by atoms with E-state index < -0.39 is 0 Å². The van der Waals surface area contributed by atoms with Crippen molar-refractivity contribution in [3.8, 4) is 11.5 Å². The Morgan fingerprint density at radius 2 is 2.07 bits per heavy atom. The Hall–Kier alpha value is -2.04. The van der Waals surface area contributed by atoms with E-state index in [0.29, 0.717) is 11.8 Å². The fourth-order valence-electron chi connectivity index (χ4n) is 4.85. The lowest BCUT2D eigenvalue weighted by Gasteiger charge is -2.47. The van der Waals surface area contributed by atoms with Crippen molar-refractivity contribution in [2.24, 2.45) is 0 Å². The average molecular weight is 382 g/mol. The fraction of sp³-hybridized carbons (Fsp3) is 0.500. The van der Waals surface area contributed by atoms with Crippen molar-refractivity contribution >= 4 is 0 Å². The van der Waals surface area contributed by atoms with Gasteiger partial charge >= 0.3 is 0 Å². The molecule has 1 N–H and O–H groups in total. The highest BCUT2D eigenvalue weighted by molar-refractivity contribution is 5.39. The number of aromatic hydroxyl groups is 1. The van der Waals surface area contributed by atoms with Gasteiger partial charge in [-0.05, 0) is 73.5 Å². The summed E-state index contributed by atoms with van der Waals surface area (Å²) < 4.78 is 12.2. The molecule has 0 spiro atoms. The number of benzene rings is 2. The molecule has 0 saturated carbocycles. The molecule has 1 aliphatic heterocycles. The maximum absolute atomic E-state index is 10.0. The van der Waals surface area contributed by atoms with E-state index in [9.17, 15) is 5.11 Å². The van der Waals surface area contributed by atoms with Crippen LogP contribution in [0.2, 0.25) is 0 Å². The second-order valence-electron chi connectivity index (χ2n) is 8.01. The zero-order valence-corrected chi connectivity index (χ0v) is 16.9. The number of fused-ring (bicyclic) bond motifs is 3. The number of aryl methyl sites for hydroxylation is 2. The van der Waals surface area contributed by atoms with Crippen LogP contribution in [0.3, 0.4) is 0 Å². The molecule has 3 atom stereocenters. The third kappa shape index (κ3) is 3.89. The molecule has 1 heterocycles. The van der Waals surface area contributed by atoms with Gasteiger partial charge in [0.05, 0.1) is 19.3 Å². The van der Waals surface area contributed by atoms with Gasteiger partial charge in [-0.25, -0.2) is 0 Å². The van der Waals surface area contributed by atoms with Crippen LogP contribution in [0.5, 0.6) is 11.5 Å². The second kappa shape index (κ2) is 8.54. The summed E-state index contributed by atoms with van der Waals surface area (Å²) in [5.41, 5.74) is 3.74. The molecule has 1 unspecified atom stereocenters. The third-order valence-corrected chi connectivity index (χ3v) is 6.18. The van der Waals surface area contributed by atoms with Gasteiger partial charge in [0, 0.05) is 12.6 Å². The third-order valence-electron chi connectivity index (χ3n) is 6.18. The largest absolute Gasteiger partial charge is 0.508 e. The predicted octanol–water partition coefficient (Wildman–Crippen LogP) is 4.50. The van der Waals surface area contributed by atoms with Gasteiger partial charge < -0.3 is 14.6 Å². The predicted molar refractivity (Wildman–Crippen MR) is 111 cm³/mol. The molecule has 0 bridgehead atoms. The van der Waals surface area contributed by atoms with Crippen LogP contribution in [0.15, 0.2) is 42.5 Å². The summed E-state index contributed by atoms with van der Waals surface area (Å²) in [5, 5.41) is 10.0. The molecule has 4 rings (SSSR count). The topological polar surface area (TPSA) is 41.9 Å². The summed E-state index contributed by atoms with van der Waals surface area (Å²) >= 11 is 0. The van der Waals surface area contributed by atoms with Crippen molar-refractivity contribution in [3.05, 3.63) is 59.2 Å². The van der Waals surface area contributed by atoms with E-state index in [0.717, 1.165) is 50.9 Å². The van der Waals surface area contributed by atoms with Gasteiger partial charge in [0.1, 0.15) is 11.5 Å². The molecule has 2 aliphatic rings. The van der Waals surface area contributed by atoms with Crippen molar-refractivity contribution in [2.45, 2.75) is 57.3 Å². The number of methoxy groups -OCH3 is 1. The molecule has 2 aromatic carbocycles. The van der Waals surface area contributed by atoms with Gasteiger partial charge in [-0.2, -0.15) is 0 Å². The van der Waals surface area contributed by atoms with Gasteiger partial charge in [0.2, 0.25) is 0 Å². The standard InChI is InChI=1S/C24H31NO3/c1-3-14-25-16-20(12-9-18-6-4-5-7-23(18)27-2)28-24-21-15-19(26)11-8-17(21)10-13-22(24)25/h4-8,11,15,20,22,24,26H,3,9-10,12-14,16H2,1-2H3/t20?,22-,24-/m1/s1. The van der Waals surface area contributed by atoms with E-state index >= 15 is 0 Å². The lowest BCUT2D eigenvalue weighted by molar-refractivity contribution is -0.130. The summed E-state index contributed by atoms with van der Waals surface area (Å²) in [6.07, 6.45) is 5.49. The van der Waals surface area contributed by atoms with Gasteiger partial charge in [0.25, 0.3) is 0 Å². The Balaban J connectivity index is 1.54. The molecule has 4 heteroatoms. The number of morpholine rings is 1. The Kier molecular flexibility index (Phi) is 5.88. The number of rotatable bonds is 6. The van der Waals surface area contributed by atoms with Gasteiger partial charge in [0.15, 0.2) is 0 Å². The van der Waals surface area contributed by atoms with Crippen LogP contribution >= 0.6 is 0 Å². The molecular formula is C24H31NO3. The van der Waals surface area contributed by atoms with Crippen LogP contribution in [0, 0.1) is 0 Å². The summed E-state index contributed by atoms with van der Waals surface area (Å²) in [5.74, 6) is 1.29. The van der Waals surface area contributed by atoms with E-state index in [1.54, 1.807) is 13.2 Å². The SMILES string of the molecule is CCCN1CC(CCc2ccccc2OC)O[C@@H]2c3cc(O)ccc3CC[C@H]21. The van der Waals surface area contributed by atoms with Crippen molar-refractivity contribution < 1.29 is 14.6 Å². The van der Waals surface area contributed by atoms with E-state index in [1.807, 2.05) is 18.2 Å². The van der Waals surface area contributed by atoms with Crippen molar-refractivity contribution in [3.63, 3.8) is 0 Å². The Labute approximate surface area is 168 Å². The lowest BCUT2D eigenvalue weighted by Crippen LogP contribution is -2.53. The molecular weight excluding hydrogens is 350 g/mol. The maximum atomic E-state index is 10.0. The maximum Gasteiger partial charge on any atom is 0.122 e. The Bertz CT molecular complexity index is 806. The highest BCUT2D eigenvalue weighted by Gasteiger charge is 2.40. The quantitative estimate of drug-likeness (QED) is 0.800. The van der Waals surface area contributed by atoms with Crippen LogP contribution < -0.4 is 4.74 Å². The fourth-order valence-corrected chi connectivity index (χ4v) is 4.85. The number of hydrogen-bond donors (Lipinski definition) is 1. The highest BCUT2D eigenvalue weighted by Crippen LogP contribution is 2.41. The smallest absolute Gasteiger partial charge is 0.122 e. The van der Waals surface area contributed by atoms with Crippen LogP contribution in [0.25, 0.3) is 0 Å². The summed E-state index contributed by atoms with van der Waals surface area (Å²) in [6, 6.07) is 14.4. The van der Waals surface area contributed by atoms with Crippen LogP contribution in [0.4, 0.5) is 0 Å². The number of para-hydroxylation sites is 1. The first kappa shape index (κ1) is 19.3. The molecule has 2 aromatic rings. The first-order chi connectivity index (χ1) is 13.7. The first-order valence-electron chi connectivity index (χ1n) is 10.5. The molecule has 0 radical (unpaired) electrons. The molecule has 0 amide bonds. The van der Waals surface area contributed by atoms with Crippen LogP contribution in [0.1, 0.15) is 49.0 Å². The Morgan fingerprint density at radius 3 is 2.89 bits per heavy atom. The minimum absolute atomic E-state index is 0.0545. The molecule has 0 aromatic heterocycles. The highest BCUT2D eigenvalue weighted by atomic mass is 16.5. The first-order valence-corrected chi connectivity index (χ1v) is 10.5. The summed E-state index contributed by atoms with van der Waals surface area (Å²) in [7, 11) is 1.73. The minimum Gasteiger partial charge on any atom is -0.508 e. The molecule has 28 heavy (non-hydrogen) atoms. The van der Waals surface area contributed by atoms with Crippen molar-refractivity contribution in [1.82, 2.24) is 4.90 Å². The number of phenolic OH excluding ortho intramolecular Hbond substituents is 1. The van der Waals surface area contributed by atoms with Crippen molar-refractivity contribution in [1.29, 1.82) is 0 Å². The van der Waals surface area contributed by atoms with Crippen LogP contribution in [-0.4, -0.2) is 42.4 Å². The number of ether oxygens (including phenoxy) is 2. The van der Waals surface area contributed by atoms with E-state index in [2.05, 4.69) is 30.0 Å². The van der Waals surface area contributed by atoms with Crippen LogP contribution in [-0.2, 0) is 17.6 Å². The summed E-state index contributed by atoms with van der Waals surface area (Å²) in [4.78, 5) is 2.62. The molecule has 1 fully saturated rings. The lowest BCUT2D eigenvalue weighted by atomic mass is 9.83. The van der Waals surface area contributed by atoms with E-state index in [-0.39, 0.29) is 12.2 Å².